The highest BCUT2D eigenvalue weighted by Crippen LogP contribution is 2.26. The molecular formula is C22H34N2O4. The maximum absolute atomic E-state index is 12.1. The second kappa shape index (κ2) is 12.6. The first-order chi connectivity index (χ1) is 13.7. The van der Waals surface area contributed by atoms with E-state index < -0.39 is 17.5 Å². The first kappa shape index (κ1) is 22.4. The number of hydrogen-bond donors (Lipinski definition) is 2. The van der Waals surface area contributed by atoms with Gasteiger partial charge < -0.3 is 9.84 Å². The molecule has 1 aromatic heterocycles. The Labute approximate surface area is 167 Å². The quantitative estimate of drug-likeness (QED) is 0.447. The zero-order valence-electron chi connectivity index (χ0n) is 17.0. The van der Waals surface area contributed by atoms with Crippen LogP contribution in [0.4, 0.5) is 0 Å². The van der Waals surface area contributed by atoms with E-state index in [9.17, 15) is 14.7 Å². The third kappa shape index (κ3) is 7.29. The number of unbranched alkanes of at least 4 members (excludes halogenated alkanes) is 9. The fraction of sp³-hybridized carbons (Fsp3) is 0.727. The number of aromatic nitrogens is 2. The maximum atomic E-state index is 12.1. The minimum atomic E-state index is -0.502. The molecule has 0 aliphatic carbocycles. The van der Waals surface area contributed by atoms with Gasteiger partial charge in [0.15, 0.2) is 0 Å². The average Bonchev–Trinajstić information content (AvgIpc) is 3.16. The average molecular weight is 391 g/mol. The molecule has 1 aliphatic heterocycles. The number of nitrogens with one attached hydrogen (secondary N) is 1. The fourth-order valence-electron chi connectivity index (χ4n) is 3.50. The summed E-state index contributed by atoms with van der Waals surface area (Å²) in [4.78, 5) is 26.4. The van der Waals surface area contributed by atoms with Gasteiger partial charge in [0.1, 0.15) is 11.8 Å². The third-order valence-corrected chi connectivity index (χ3v) is 5.20. The molecule has 156 valence electrons. The van der Waals surface area contributed by atoms with E-state index in [2.05, 4.69) is 23.7 Å². The van der Waals surface area contributed by atoms with E-state index in [1.807, 2.05) is 0 Å². The predicted molar refractivity (Wildman–Crippen MR) is 110 cm³/mol. The maximum Gasteiger partial charge on any atom is 0.330 e. The van der Waals surface area contributed by atoms with Crippen molar-refractivity contribution in [1.82, 2.24) is 9.55 Å². The van der Waals surface area contributed by atoms with Gasteiger partial charge in [-0.05, 0) is 19.3 Å². The minimum absolute atomic E-state index is 0.0694. The lowest BCUT2D eigenvalue weighted by Crippen LogP contribution is -2.33. The van der Waals surface area contributed by atoms with Crippen LogP contribution >= 0.6 is 0 Å². The van der Waals surface area contributed by atoms with Crippen LogP contribution in [0.15, 0.2) is 15.8 Å². The Morgan fingerprint density at radius 3 is 2.43 bits per heavy atom. The Morgan fingerprint density at radius 1 is 1.11 bits per heavy atom. The monoisotopic (exact) mass is 390 g/mol. The molecule has 0 spiro atoms. The number of hydrogen-bond acceptors (Lipinski definition) is 4. The van der Waals surface area contributed by atoms with E-state index in [4.69, 9.17) is 4.74 Å². The summed E-state index contributed by atoms with van der Waals surface area (Å²) >= 11 is 0. The smallest absolute Gasteiger partial charge is 0.330 e. The van der Waals surface area contributed by atoms with Crippen molar-refractivity contribution in [3.8, 4) is 11.8 Å². The molecule has 0 radical (unpaired) electrons. The van der Waals surface area contributed by atoms with Crippen molar-refractivity contribution in [2.75, 3.05) is 6.61 Å². The van der Waals surface area contributed by atoms with Crippen LogP contribution in [0.5, 0.6) is 0 Å². The van der Waals surface area contributed by atoms with Crippen LogP contribution in [0.25, 0.3) is 0 Å². The van der Waals surface area contributed by atoms with E-state index in [1.165, 1.54) is 55.7 Å². The van der Waals surface area contributed by atoms with Gasteiger partial charge in [-0.25, -0.2) is 4.79 Å². The van der Waals surface area contributed by atoms with E-state index in [1.54, 1.807) is 0 Å². The normalized spacial score (nSPS) is 18.8. The molecule has 0 aromatic carbocycles. The lowest BCUT2D eigenvalue weighted by molar-refractivity contribution is -0.0246. The summed E-state index contributed by atoms with van der Waals surface area (Å²) in [5.41, 5.74) is -0.679. The van der Waals surface area contributed by atoms with E-state index in [-0.39, 0.29) is 18.3 Å². The van der Waals surface area contributed by atoms with Crippen molar-refractivity contribution in [3.63, 3.8) is 0 Å². The second-order valence-corrected chi connectivity index (χ2v) is 7.56. The number of H-pyrrole nitrogens is 1. The largest absolute Gasteiger partial charge is 0.394 e. The van der Waals surface area contributed by atoms with Crippen LogP contribution in [0.1, 0.15) is 95.8 Å². The van der Waals surface area contributed by atoms with Crippen LogP contribution in [0.2, 0.25) is 0 Å². The summed E-state index contributed by atoms with van der Waals surface area (Å²) in [5.74, 6) is 5.95. The lowest BCUT2D eigenvalue weighted by atomic mass is 10.1. The van der Waals surface area contributed by atoms with Crippen molar-refractivity contribution < 1.29 is 9.84 Å². The summed E-state index contributed by atoms with van der Waals surface area (Å²) < 4.78 is 7.00. The molecule has 28 heavy (non-hydrogen) atoms. The minimum Gasteiger partial charge on any atom is -0.394 e. The number of rotatable bonds is 11. The van der Waals surface area contributed by atoms with Gasteiger partial charge in [0.05, 0.1) is 12.7 Å². The van der Waals surface area contributed by atoms with Crippen molar-refractivity contribution in [1.29, 1.82) is 0 Å². The molecule has 6 heteroatoms. The molecule has 0 amide bonds. The number of ether oxygens (including phenoxy) is 1. The SMILES string of the molecule is CCCCCCCCCCCC#Cc1cn([C@H]2CC[C@@H](CO)O2)c(=O)[nH]c1=O. The van der Waals surface area contributed by atoms with E-state index in [0.29, 0.717) is 12.8 Å². The Morgan fingerprint density at radius 2 is 1.79 bits per heavy atom. The zero-order valence-corrected chi connectivity index (χ0v) is 17.0. The highest BCUT2D eigenvalue weighted by atomic mass is 16.5. The number of aliphatic hydroxyl groups excluding tert-OH is 1. The van der Waals surface area contributed by atoms with Gasteiger partial charge in [-0.1, -0.05) is 70.1 Å². The number of aromatic amines is 1. The Bertz CT molecular complexity index is 756. The van der Waals surface area contributed by atoms with Gasteiger partial charge in [-0.15, -0.1) is 0 Å². The van der Waals surface area contributed by atoms with E-state index in [0.717, 1.165) is 19.3 Å². The molecular weight excluding hydrogens is 356 g/mol. The predicted octanol–water partition coefficient (Wildman–Crippen LogP) is 3.48. The van der Waals surface area contributed by atoms with Gasteiger partial charge in [0, 0.05) is 12.6 Å². The highest BCUT2D eigenvalue weighted by molar-refractivity contribution is 5.29. The highest BCUT2D eigenvalue weighted by Gasteiger charge is 2.27. The van der Waals surface area contributed by atoms with Crippen molar-refractivity contribution in [2.45, 2.75) is 96.3 Å². The Balaban J connectivity index is 1.77. The first-order valence-corrected chi connectivity index (χ1v) is 10.8. The molecule has 2 heterocycles. The Kier molecular flexibility index (Phi) is 10.1. The van der Waals surface area contributed by atoms with Gasteiger partial charge in [0.2, 0.25) is 0 Å². The van der Waals surface area contributed by atoms with E-state index >= 15 is 0 Å². The molecule has 6 nitrogen and oxygen atoms in total. The fourth-order valence-corrected chi connectivity index (χ4v) is 3.50. The second-order valence-electron chi connectivity index (χ2n) is 7.56. The summed E-state index contributed by atoms with van der Waals surface area (Å²) in [6.45, 7) is 2.17. The first-order valence-electron chi connectivity index (χ1n) is 10.8. The van der Waals surface area contributed by atoms with Crippen LogP contribution in [-0.4, -0.2) is 27.4 Å². The zero-order chi connectivity index (χ0) is 20.2. The summed E-state index contributed by atoms with van der Waals surface area (Å²) in [7, 11) is 0. The molecule has 0 unspecified atom stereocenters. The third-order valence-electron chi connectivity index (χ3n) is 5.20. The topological polar surface area (TPSA) is 84.3 Å². The number of nitrogens with zero attached hydrogens (tertiary/aromatic N) is 1. The summed E-state index contributed by atoms with van der Waals surface area (Å²) in [6.07, 6.45) is 14.2. The van der Waals surface area contributed by atoms with Crippen LogP contribution in [0.3, 0.4) is 0 Å². The standard InChI is InChI=1S/C22H34N2O4/c1-2-3-4-5-6-7-8-9-10-11-12-13-18-16-24(22(27)23-21(18)26)20-15-14-19(17-25)28-20/h16,19-20,25H,2-11,14-15,17H2,1H3,(H,23,26,27)/t19-,20+/m0/s1. The van der Waals surface area contributed by atoms with Crippen molar-refractivity contribution >= 4 is 0 Å². The van der Waals surface area contributed by atoms with Crippen LogP contribution in [-0.2, 0) is 4.74 Å². The molecule has 2 N–H and O–H groups in total. The molecule has 1 fully saturated rings. The molecule has 2 atom stereocenters. The van der Waals surface area contributed by atoms with Crippen molar-refractivity contribution in [3.05, 3.63) is 32.6 Å². The molecule has 0 saturated carbocycles. The number of aliphatic hydroxyl groups is 1. The van der Waals surface area contributed by atoms with Crippen LogP contribution in [0, 0.1) is 11.8 Å². The summed E-state index contributed by atoms with van der Waals surface area (Å²) in [6, 6.07) is 0. The van der Waals surface area contributed by atoms with Gasteiger partial charge in [-0.3, -0.25) is 14.3 Å². The summed E-state index contributed by atoms with van der Waals surface area (Å²) in [5, 5.41) is 9.18. The lowest BCUT2D eigenvalue weighted by Gasteiger charge is -2.14. The molecule has 1 aromatic rings. The molecule has 0 bridgehead atoms. The van der Waals surface area contributed by atoms with Crippen LogP contribution < -0.4 is 11.2 Å². The van der Waals surface area contributed by atoms with Gasteiger partial charge in [-0.2, -0.15) is 0 Å². The molecule has 1 saturated heterocycles. The van der Waals surface area contributed by atoms with Crippen molar-refractivity contribution in [2.24, 2.45) is 0 Å². The molecule has 1 aliphatic rings. The molecule has 2 rings (SSSR count). The Hall–Kier alpha value is -1.84. The van der Waals surface area contributed by atoms with Gasteiger partial charge in [0.25, 0.3) is 5.56 Å². The van der Waals surface area contributed by atoms with Gasteiger partial charge >= 0.3 is 5.69 Å².